The highest BCUT2D eigenvalue weighted by atomic mass is 16.4. The molecule has 5 heteroatoms. The van der Waals surface area contributed by atoms with Gasteiger partial charge >= 0.3 is 5.97 Å². The molecular formula is C17H21N3O2. The number of likely N-dealkylation sites (tertiary alicyclic amines) is 1. The minimum Gasteiger partial charge on any atom is -0.478 e. The molecule has 1 N–H and O–H groups in total. The van der Waals surface area contributed by atoms with Gasteiger partial charge < -0.3 is 9.67 Å². The number of hydrogen-bond acceptors (Lipinski definition) is 3. The molecule has 5 nitrogen and oxygen atoms in total. The van der Waals surface area contributed by atoms with Crippen molar-refractivity contribution in [3.63, 3.8) is 0 Å². The van der Waals surface area contributed by atoms with E-state index in [4.69, 9.17) is 5.11 Å². The van der Waals surface area contributed by atoms with E-state index in [0.717, 1.165) is 36.6 Å². The molecule has 116 valence electrons. The third-order valence-corrected chi connectivity index (χ3v) is 4.28. The summed E-state index contributed by atoms with van der Waals surface area (Å²) in [4.78, 5) is 18.0. The van der Waals surface area contributed by atoms with Crippen LogP contribution in [0, 0.1) is 6.92 Å². The van der Waals surface area contributed by atoms with E-state index in [1.54, 1.807) is 12.1 Å². The summed E-state index contributed by atoms with van der Waals surface area (Å²) in [7, 11) is 2.05. The van der Waals surface area contributed by atoms with Gasteiger partial charge in [-0.15, -0.1) is 0 Å². The van der Waals surface area contributed by atoms with E-state index in [-0.39, 0.29) is 0 Å². The molecule has 1 saturated heterocycles. The highest BCUT2D eigenvalue weighted by Gasteiger charge is 2.29. The lowest BCUT2D eigenvalue weighted by atomic mass is 10.1. The SMILES string of the molecule is Cc1cn(C)c([C@H]2CCCN2Cc2ccc(C(=O)O)cc2)n1. The van der Waals surface area contributed by atoms with Crippen LogP contribution in [-0.2, 0) is 13.6 Å². The zero-order valence-corrected chi connectivity index (χ0v) is 13.0. The Bertz CT molecular complexity index is 676. The average Bonchev–Trinajstić information content (AvgIpc) is 3.05. The first-order chi connectivity index (χ1) is 10.5. The fraction of sp³-hybridized carbons (Fsp3) is 0.412. The van der Waals surface area contributed by atoms with Crippen LogP contribution in [0.2, 0.25) is 0 Å². The predicted molar refractivity (Wildman–Crippen MR) is 83.7 cm³/mol. The van der Waals surface area contributed by atoms with Gasteiger partial charge in [-0.05, 0) is 44.0 Å². The first-order valence-corrected chi connectivity index (χ1v) is 7.61. The van der Waals surface area contributed by atoms with Crippen LogP contribution in [0.3, 0.4) is 0 Å². The second-order valence-electron chi connectivity index (χ2n) is 5.98. The summed E-state index contributed by atoms with van der Waals surface area (Å²) in [6.07, 6.45) is 4.36. The Balaban J connectivity index is 1.76. The summed E-state index contributed by atoms with van der Waals surface area (Å²) in [5, 5.41) is 8.96. The van der Waals surface area contributed by atoms with Gasteiger partial charge in [0.25, 0.3) is 0 Å². The second-order valence-corrected chi connectivity index (χ2v) is 5.98. The largest absolute Gasteiger partial charge is 0.478 e. The molecule has 2 aromatic rings. The average molecular weight is 299 g/mol. The van der Waals surface area contributed by atoms with Crippen molar-refractivity contribution in [3.8, 4) is 0 Å². The lowest BCUT2D eigenvalue weighted by molar-refractivity contribution is 0.0697. The number of carboxylic acids is 1. The van der Waals surface area contributed by atoms with Crippen LogP contribution in [0.1, 0.15) is 46.3 Å². The molecule has 1 aliphatic heterocycles. The number of aromatic carboxylic acids is 1. The Hall–Kier alpha value is -2.14. The van der Waals surface area contributed by atoms with Crippen LogP contribution in [0.15, 0.2) is 30.5 Å². The van der Waals surface area contributed by atoms with Crippen molar-refractivity contribution < 1.29 is 9.90 Å². The molecule has 0 aliphatic carbocycles. The molecule has 0 bridgehead atoms. The Morgan fingerprint density at radius 2 is 2.09 bits per heavy atom. The van der Waals surface area contributed by atoms with Gasteiger partial charge in [-0.1, -0.05) is 12.1 Å². The highest BCUT2D eigenvalue weighted by Crippen LogP contribution is 2.32. The third kappa shape index (κ3) is 2.90. The number of hydrogen-bond donors (Lipinski definition) is 1. The Labute approximate surface area is 130 Å². The number of aromatic nitrogens is 2. The molecule has 1 aliphatic rings. The van der Waals surface area contributed by atoms with E-state index >= 15 is 0 Å². The number of rotatable bonds is 4. The van der Waals surface area contributed by atoms with E-state index < -0.39 is 5.97 Å². The maximum absolute atomic E-state index is 10.9. The molecule has 0 spiro atoms. The van der Waals surface area contributed by atoms with E-state index in [1.807, 2.05) is 26.1 Å². The monoisotopic (exact) mass is 299 g/mol. The van der Waals surface area contributed by atoms with Gasteiger partial charge in [0.1, 0.15) is 5.82 Å². The van der Waals surface area contributed by atoms with Crippen LogP contribution in [0.5, 0.6) is 0 Å². The van der Waals surface area contributed by atoms with Crippen LogP contribution in [0.25, 0.3) is 0 Å². The highest BCUT2D eigenvalue weighted by molar-refractivity contribution is 5.87. The quantitative estimate of drug-likeness (QED) is 0.943. The van der Waals surface area contributed by atoms with Crippen molar-refractivity contribution in [2.45, 2.75) is 32.4 Å². The van der Waals surface area contributed by atoms with Crippen LogP contribution in [0.4, 0.5) is 0 Å². The van der Waals surface area contributed by atoms with Crippen LogP contribution >= 0.6 is 0 Å². The Morgan fingerprint density at radius 1 is 1.36 bits per heavy atom. The smallest absolute Gasteiger partial charge is 0.335 e. The van der Waals surface area contributed by atoms with Crippen molar-refractivity contribution in [2.75, 3.05) is 6.54 Å². The molecule has 1 fully saturated rings. The summed E-state index contributed by atoms with van der Waals surface area (Å²) in [6, 6.07) is 7.50. The summed E-state index contributed by atoms with van der Waals surface area (Å²) < 4.78 is 2.12. The summed E-state index contributed by atoms with van der Waals surface area (Å²) in [5.41, 5.74) is 2.53. The van der Waals surface area contributed by atoms with Crippen molar-refractivity contribution in [2.24, 2.45) is 7.05 Å². The van der Waals surface area contributed by atoms with E-state index in [1.165, 1.54) is 6.42 Å². The maximum Gasteiger partial charge on any atom is 0.335 e. The number of benzene rings is 1. The lowest BCUT2D eigenvalue weighted by Crippen LogP contribution is -2.24. The van der Waals surface area contributed by atoms with Crippen molar-refractivity contribution in [1.82, 2.24) is 14.5 Å². The molecule has 0 saturated carbocycles. The first-order valence-electron chi connectivity index (χ1n) is 7.61. The van der Waals surface area contributed by atoms with Gasteiger partial charge in [-0.3, -0.25) is 4.90 Å². The minimum absolute atomic E-state index is 0.335. The Morgan fingerprint density at radius 3 is 2.68 bits per heavy atom. The Kier molecular flexibility index (Phi) is 3.98. The van der Waals surface area contributed by atoms with Crippen LogP contribution < -0.4 is 0 Å². The molecule has 1 aromatic carbocycles. The molecule has 1 atom stereocenters. The zero-order valence-electron chi connectivity index (χ0n) is 13.0. The van der Waals surface area contributed by atoms with Gasteiger partial charge in [-0.2, -0.15) is 0 Å². The predicted octanol–water partition coefficient (Wildman–Crippen LogP) is 2.76. The molecule has 3 rings (SSSR count). The number of aryl methyl sites for hydroxylation is 2. The first kappa shape index (κ1) is 14.8. The number of imidazole rings is 1. The van der Waals surface area contributed by atoms with Crippen LogP contribution in [-0.4, -0.2) is 32.1 Å². The van der Waals surface area contributed by atoms with E-state index in [2.05, 4.69) is 20.6 Å². The number of carbonyl (C=O) groups is 1. The minimum atomic E-state index is -0.880. The fourth-order valence-electron chi connectivity index (χ4n) is 3.24. The summed E-state index contributed by atoms with van der Waals surface area (Å²) in [5.74, 6) is 0.242. The van der Waals surface area contributed by atoms with Gasteiger partial charge in [0.05, 0.1) is 17.3 Å². The fourth-order valence-corrected chi connectivity index (χ4v) is 3.24. The van der Waals surface area contributed by atoms with Gasteiger partial charge in [0, 0.05) is 19.8 Å². The molecule has 0 amide bonds. The normalized spacial score (nSPS) is 18.7. The van der Waals surface area contributed by atoms with Crippen molar-refractivity contribution in [3.05, 3.63) is 53.1 Å². The van der Waals surface area contributed by atoms with Crippen molar-refractivity contribution >= 4 is 5.97 Å². The van der Waals surface area contributed by atoms with Gasteiger partial charge in [0.15, 0.2) is 0 Å². The standard InChI is InChI=1S/C17H21N3O2/c1-12-10-19(2)16(18-12)15-4-3-9-20(15)11-13-5-7-14(8-6-13)17(21)22/h5-8,10,15H,3-4,9,11H2,1-2H3,(H,21,22)/t15-/m1/s1. The third-order valence-electron chi connectivity index (χ3n) is 4.28. The second kappa shape index (κ2) is 5.93. The molecule has 0 unspecified atom stereocenters. The zero-order chi connectivity index (χ0) is 15.7. The molecule has 1 aromatic heterocycles. The topological polar surface area (TPSA) is 58.4 Å². The molecular weight excluding hydrogens is 278 g/mol. The summed E-state index contributed by atoms with van der Waals surface area (Å²) in [6.45, 7) is 3.90. The van der Waals surface area contributed by atoms with Gasteiger partial charge in [-0.25, -0.2) is 9.78 Å². The van der Waals surface area contributed by atoms with Crippen molar-refractivity contribution in [1.29, 1.82) is 0 Å². The number of carboxylic acid groups (broad SMARTS) is 1. The summed E-state index contributed by atoms with van der Waals surface area (Å²) >= 11 is 0. The molecule has 2 heterocycles. The molecule has 22 heavy (non-hydrogen) atoms. The van der Waals surface area contributed by atoms with Gasteiger partial charge in [0.2, 0.25) is 0 Å². The maximum atomic E-state index is 10.9. The molecule has 0 radical (unpaired) electrons. The van der Waals surface area contributed by atoms with E-state index in [0.29, 0.717) is 11.6 Å². The lowest BCUT2D eigenvalue weighted by Gasteiger charge is -2.24. The van der Waals surface area contributed by atoms with E-state index in [9.17, 15) is 4.79 Å². The number of nitrogens with zero attached hydrogens (tertiary/aromatic N) is 3.